The van der Waals surface area contributed by atoms with E-state index in [1.807, 2.05) is 24.3 Å². The normalized spacial score (nSPS) is 10.6. The summed E-state index contributed by atoms with van der Waals surface area (Å²) in [5, 5.41) is 4.17. The van der Waals surface area contributed by atoms with Crippen molar-refractivity contribution in [1.82, 2.24) is 9.78 Å². The number of nitrogens with zero attached hydrogens (tertiary/aromatic N) is 2. The van der Waals surface area contributed by atoms with Gasteiger partial charge >= 0.3 is 0 Å². The second-order valence-electron chi connectivity index (χ2n) is 4.82. The highest BCUT2D eigenvalue weighted by Gasteiger charge is 2.14. The number of hydrogen-bond donors (Lipinski definition) is 0. The molecule has 106 valence electrons. The summed E-state index contributed by atoms with van der Waals surface area (Å²) in [6, 6.07) is 7.80. The van der Waals surface area contributed by atoms with E-state index in [2.05, 4.69) is 12.0 Å². The molecule has 2 rings (SSSR count). The first-order chi connectivity index (χ1) is 9.63. The molecule has 0 fully saturated rings. The molecule has 0 amide bonds. The first-order valence-electron chi connectivity index (χ1n) is 6.89. The highest BCUT2D eigenvalue weighted by molar-refractivity contribution is 5.99. The maximum absolute atomic E-state index is 11.7. The third-order valence-corrected chi connectivity index (χ3v) is 3.18. The van der Waals surface area contributed by atoms with Crippen molar-refractivity contribution in [2.45, 2.75) is 26.7 Å². The molecular formula is C16H20N2O2. The van der Waals surface area contributed by atoms with Crippen molar-refractivity contribution >= 4 is 5.78 Å². The van der Waals surface area contributed by atoms with Crippen LogP contribution in [0.15, 0.2) is 30.5 Å². The Kier molecular flexibility index (Phi) is 4.56. The van der Waals surface area contributed by atoms with E-state index in [0.29, 0.717) is 12.3 Å². The van der Waals surface area contributed by atoms with Gasteiger partial charge in [0.2, 0.25) is 0 Å². The Balaban J connectivity index is 2.29. The average Bonchev–Trinajstić information content (AvgIpc) is 2.81. The first kappa shape index (κ1) is 14.3. The minimum Gasteiger partial charge on any atom is -0.494 e. The van der Waals surface area contributed by atoms with E-state index < -0.39 is 0 Å². The Hall–Kier alpha value is -2.10. The number of aromatic nitrogens is 2. The Bertz CT molecular complexity index is 602. The molecule has 0 aliphatic carbocycles. The topological polar surface area (TPSA) is 44.1 Å². The van der Waals surface area contributed by atoms with Crippen LogP contribution in [0.5, 0.6) is 5.75 Å². The van der Waals surface area contributed by atoms with Gasteiger partial charge in [0.15, 0.2) is 5.78 Å². The third kappa shape index (κ3) is 3.07. The van der Waals surface area contributed by atoms with Gasteiger partial charge in [-0.25, -0.2) is 0 Å². The molecular weight excluding hydrogens is 252 g/mol. The van der Waals surface area contributed by atoms with Crippen molar-refractivity contribution < 1.29 is 9.53 Å². The molecule has 20 heavy (non-hydrogen) atoms. The van der Waals surface area contributed by atoms with Gasteiger partial charge in [-0.15, -0.1) is 0 Å². The predicted molar refractivity (Wildman–Crippen MR) is 79.1 cm³/mol. The quantitative estimate of drug-likeness (QED) is 0.597. The van der Waals surface area contributed by atoms with Crippen LogP contribution >= 0.6 is 0 Å². The standard InChI is InChI=1S/C16H20N2O2/c1-4-5-9-20-14-8-6-7-13(10-14)15-11-17-18(3)16(15)12(2)19/h6-8,10-11H,4-5,9H2,1-3H3. The molecule has 0 unspecified atom stereocenters. The van der Waals surface area contributed by atoms with Gasteiger partial charge in [-0.3, -0.25) is 9.48 Å². The lowest BCUT2D eigenvalue weighted by atomic mass is 10.0. The minimum absolute atomic E-state index is 0.0114. The molecule has 0 spiro atoms. The first-order valence-corrected chi connectivity index (χ1v) is 6.89. The molecule has 1 aromatic heterocycles. The van der Waals surface area contributed by atoms with Gasteiger partial charge in [0, 0.05) is 19.5 Å². The maximum Gasteiger partial charge on any atom is 0.178 e. The number of carbonyl (C=O) groups is 1. The second kappa shape index (κ2) is 6.37. The van der Waals surface area contributed by atoms with E-state index in [-0.39, 0.29) is 5.78 Å². The van der Waals surface area contributed by atoms with Crippen molar-refractivity contribution in [2.24, 2.45) is 7.05 Å². The molecule has 2 aromatic rings. The number of Topliss-reactive ketones (excluding diaryl/α,β-unsaturated/α-hetero) is 1. The number of carbonyl (C=O) groups excluding carboxylic acids is 1. The fourth-order valence-electron chi connectivity index (χ4n) is 2.15. The van der Waals surface area contributed by atoms with Crippen molar-refractivity contribution in [1.29, 1.82) is 0 Å². The van der Waals surface area contributed by atoms with Crippen LogP contribution in [0.1, 0.15) is 37.2 Å². The number of aryl methyl sites for hydroxylation is 1. The van der Waals surface area contributed by atoms with Gasteiger partial charge < -0.3 is 4.74 Å². The lowest BCUT2D eigenvalue weighted by molar-refractivity contribution is 0.100. The van der Waals surface area contributed by atoms with Crippen molar-refractivity contribution in [3.63, 3.8) is 0 Å². The Labute approximate surface area is 119 Å². The summed E-state index contributed by atoms with van der Waals surface area (Å²) in [5.41, 5.74) is 2.42. The van der Waals surface area contributed by atoms with Crippen LogP contribution in [0, 0.1) is 0 Å². The van der Waals surface area contributed by atoms with E-state index >= 15 is 0 Å². The summed E-state index contributed by atoms with van der Waals surface area (Å²) in [4.78, 5) is 11.7. The molecule has 0 N–H and O–H groups in total. The molecule has 0 aliphatic heterocycles. The second-order valence-corrected chi connectivity index (χ2v) is 4.82. The summed E-state index contributed by atoms with van der Waals surface area (Å²) in [5.74, 6) is 0.839. The highest BCUT2D eigenvalue weighted by Crippen LogP contribution is 2.27. The Morgan fingerprint density at radius 3 is 2.90 bits per heavy atom. The van der Waals surface area contributed by atoms with Gasteiger partial charge in [0.05, 0.1) is 12.8 Å². The number of unbranched alkanes of at least 4 members (excludes halogenated alkanes) is 1. The number of ketones is 1. The summed E-state index contributed by atoms with van der Waals surface area (Å²) < 4.78 is 7.32. The van der Waals surface area contributed by atoms with Crippen molar-refractivity contribution in [3.8, 4) is 16.9 Å². The molecule has 0 saturated heterocycles. The van der Waals surface area contributed by atoms with Gasteiger partial charge in [-0.05, 0) is 24.1 Å². The van der Waals surface area contributed by atoms with Gasteiger partial charge in [-0.1, -0.05) is 25.5 Å². The van der Waals surface area contributed by atoms with E-state index in [9.17, 15) is 4.79 Å². The van der Waals surface area contributed by atoms with Crippen LogP contribution in [0.3, 0.4) is 0 Å². The summed E-state index contributed by atoms with van der Waals surface area (Å²) >= 11 is 0. The molecule has 0 atom stereocenters. The van der Waals surface area contributed by atoms with Crippen LogP contribution in [0.2, 0.25) is 0 Å². The van der Waals surface area contributed by atoms with Crippen molar-refractivity contribution in [2.75, 3.05) is 6.61 Å². The molecule has 4 nitrogen and oxygen atoms in total. The summed E-state index contributed by atoms with van der Waals surface area (Å²) in [6.45, 7) is 4.41. The van der Waals surface area contributed by atoms with Crippen LogP contribution in [-0.4, -0.2) is 22.2 Å². The largest absolute Gasteiger partial charge is 0.494 e. The monoisotopic (exact) mass is 272 g/mol. The lowest BCUT2D eigenvalue weighted by Gasteiger charge is -2.08. The molecule has 0 bridgehead atoms. The zero-order valence-electron chi connectivity index (χ0n) is 12.2. The molecule has 0 radical (unpaired) electrons. The fourth-order valence-corrected chi connectivity index (χ4v) is 2.15. The number of hydrogen-bond acceptors (Lipinski definition) is 3. The van der Waals surface area contributed by atoms with Crippen LogP contribution in [0.4, 0.5) is 0 Å². The highest BCUT2D eigenvalue weighted by atomic mass is 16.5. The van der Waals surface area contributed by atoms with Crippen LogP contribution in [0.25, 0.3) is 11.1 Å². The molecule has 0 saturated carbocycles. The fraction of sp³-hybridized carbons (Fsp3) is 0.375. The zero-order chi connectivity index (χ0) is 14.5. The Morgan fingerprint density at radius 2 is 2.20 bits per heavy atom. The predicted octanol–water partition coefficient (Wildman–Crippen LogP) is 3.47. The summed E-state index contributed by atoms with van der Waals surface area (Å²) in [7, 11) is 1.78. The maximum atomic E-state index is 11.7. The van der Waals surface area contributed by atoms with Gasteiger partial charge in [-0.2, -0.15) is 5.10 Å². The van der Waals surface area contributed by atoms with E-state index in [1.54, 1.807) is 24.9 Å². The average molecular weight is 272 g/mol. The number of ether oxygens (including phenoxy) is 1. The summed E-state index contributed by atoms with van der Waals surface area (Å²) in [6.07, 6.45) is 3.87. The molecule has 1 heterocycles. The molecule has 0 aliphatic rings. The third-order valence-electron chi connectivity index (χ3n) is 3.18. The molecule has 1 aromatic carbocycles. The number of benzene rings is 1. The van der Waals surface area contributed by atoms with Gasteiger partial charge in [0.1, 0.15) is 11.4 Å². The smallest absolute Gasteiger partial charge is 0.178 e. The van der Waals surface area contributed by atoms with Crippen LogP contribution in [-0.2, 0) is 7.05 Å². The molecule has 4 heteroatoms. The zero-order valence-corrected chi connectivity index (χ0v) is 12.2. The van der Waals surface area contributed by atoms with E-state index in [4.69, 9.17) is 4.74 Å². The lowest BCUT2D eigenvalue weighted by Crippen LogP contribution is -2.04. The van der Waals surface area contributed by atoms with E-state index in [1.165, 1.54) is 0 Å². The van der Waals surface area contributed by atoms with Crippen LogP contribution < -0.4 is 4.74 Å². The minimum atomic E-state index is 0.0114. The van der Waals surface area contributed by atoms with Crippen molar-refractivity contribution in [3.05, 3.63) is 36.2 Å². The Morgan fingerprint density at radius 1 is 1.40 bits per heavy atom. The van der Waals surface area contributed by atoms with Gasteiger partial charge in [0.25, 0.3) is 0 Å². The number of rotatable bonds is 6. The SMILES string of the molecule is CCCCOc1cccc(-c2cnn(C)c2C(C)=O)c1. The van der Waals surface area contributed by atoms with E-state index in [0.717, 1.165) is 29.7 Å².